The van der Waals surface area contributed by atoms with Gasteiger partial charge in [-0.1, -0.05) is 6.42 Å². The highest BCUT2D eigenvalue weighted by molar-refractivity contribution is 6.07. The van der Waals surface area contributed by atoms with Crippen molar-refractivity contribution in [2.24, 2.45) is 0 Å². The van der Waals surface area contributed by atoms with Gasteiger partial charge in [-0.2, -0.15) is 0 Å². The van der Waals surface area contributed by atoms with Crippen molar-refractivity contribution in [2.75, 3.05) is 13.2 Å². The molecule has 106 valence electrons. The lowest BCUT2D eigenvalue weighted by Gasteiger charge is -2.51. The molecule has 2 atom stereocenters. The highest BCUT2D eigenvalue weighted by Gasteiger charge is 2.54. The number of hydrogen-bond acceptors (Lipinski definition) is 4. The minimum absolute atomic E-state index is 0.156. The van der Waals surface area contributed by atoms with E-state index in [1.54, 1.807) is 0 Å². The number of hydrogen-bond donors (Lipinski definition) is 3. The van der Waals surface area contributed by atoms with E-state index in [2.05, 4.69) is 15.5 Å². The van der Waals surface area contributed by atoms with E-state index in [1.165, 1.54) is 6.42 Å². The topological polar surface area (TPSA) is 81.7 Å². The zero-order valence-corrected chi connectivity index (χ0v) is 11.0. The summed E-state index contributed by atoms with van der Waals surface area (Å²) in [7, 11) is 0. The van der Waals surface area contributed by atoms with Gasteiger partial charge in [-0.25, -0.2) is 4.79 Å². The Bertz CT molecular complexity index is 385. The molecule has 0 aromatic heterocycles. The predicted octanol–water partition coefficient (Wildman–Crippen LogP) is -0.0361. The van der Waals surface area contributed by atoms with Gasteiger partial charge >= 0.3 is 6.03 Å². The summed E-state index contributed by atoms with van der Waals surface area (Å²) in [6.07, 6.45) is 5.52. The van der Waals surface area contributed by atoms with Crippen LogP contribution in [0.15, 0.2) is 0 Å². The number of nitrogens with zero attached hydrogens (tertiary/aromatic N) is 1. The van der Waals surface area contributed by atoms with E-state index in [-0.39, 0.29) is 18.5 Å². The SMILES string of the molecule is O=C1NC(=O)C2(CC3CCCC(C2)N3CCCO)N1. The quantitative estimate of drug-likeness (QED) is 0.627. The van der Waals surface area contributed by atoms with Crippen molar-refractivity contribution < 1.29 is 14.7 Å². The third-order valence-corrected chi connectivity index (χ3v) is 4.77. The smallest absolute Gasteiger partial charge is 0.322 e. The average molecular weight is 267 g/mol. The average Bonchev–Trinajstić information content (AvgIpc) is 2.61. The van der Waals surface area contributed by atoms with Crippen LogP contribution in [0.3, 0.4) is 0 Å². The molecule has 0 aliphatic carbocycles. The van der Waals surface area contributed by atoms with Crippen LogP contribution in [0.1, 0.15) is 38.5 Å². The maximum atomic E-state index is 12.1. The molecule has 0 radical (unpaired) electrons. The van der Waals surface area contributed by atoms with Gasteiger partial charge in [0.2, 0.25) is 0 Å². The van der Waals surface area contributed by atoms with Crippen LogP contribution in [0.25, 0.3) is 0 Å². The van der Waals surface area contributed by atoms with Crippen LogP contribution in [0.4, 0.5) is 4.79 Å². The number of rotatable bonds is 3. The van der Waals surface area contributed by atoms with Crippen molar-refractivity contribution in [3.63, 3.8) is 0 Å². The first-order valence-electron chi connectivity index (χ1n) is 7.15. The van der Waals surface area contributed by atoms with E-state index >= 15 is 0 Å². The Hall–Kier alpha value is -1.14. The first-order valence-corrected chi connectivity index (χ1v) is 7.15. The van der Waals surface area contributed by atoms with Gasteiger partial charge in [0.1, 0.15) is 5.54 Å². The number of amides is 3. The molecular formula is C13H21N3O3. The fourth-order valence-corrected chi connectivity index (χ4v) is 3.98. The standard InChI is InChI=1S/C13H21N3O3/c17-6-2-5-16-9-3-1-4-10(16)8-13(7-9)11(18)14-12(19)15-13/h9-10,17H,1-8H2,(H2,14,15,18,19). The van der Waals surface area contributed by atoms with Gasteiger partial charge < -0.3 is 10.4 Å². The second kappa shape index (κ2) is 4.76. The minimum atomic E-state index is -0.678. The van der Waals surface area contributed by atoms with Crippen LogP contribution in [0.5, 0.6) is 0 Å². The highest BCUT2D eigenvalue weighted by atomic mass is 16.3. The number of nitrogens with one attached hydrogen (secondary N) is 2. The molecule has 0 aromatic rings. The van der Waals surface area contributed by atoms with Crippen molar-refractivity contribution in [1.29, 1.82) is 0 Å². The molecule has 3 N–H and O–H groups in total. The fraction of sp³-hybridized carbons (Fsp3) is 0.846. The van der Waals surface area contributed by atoms with Crippen LogP contribution in [0, 0.1) is 0 Å². The monoisotopic (exact) mass is 267 g/mol. The van der Waals surface area contributed by atoms with Crippen molar-refractivity contribution in [3.05, 3.63) is 0 Å². The van der Waals surface area contributed by atoms with Gasteiger partial charge in [-0.05, 0) is 32.1 Å². The summed E-state index contributed by atoms with van der Waals surface area (Å²) in [4.78, 5) is 25.9. The van der Waals surface area contributed by atoms with Crippen LogP contribution in [-0.4, -0.2) is 52.7 Å². The molecule has 3 saturated heterocycles. The zero-order chi connectivity index (χ0) is 13.5. The molecule has 2 bridgehead atoms. The predicted molar refractivity (Wildman–Crippen MR) is 68.5 cm³/mol. The van der Waals surface area contributed by atoms with Gasteiger partial charge in [-0.3, -0.25) is 15.0 Å². The second-order valence-electron chi connectivity index (χ2n) is 5.95. The maximum Gasteiger partial charge on any atom is 0.322 e. The Kier molecular flexibility index (Phi) is 3.22. The highest BCUT2D eigenvalue weighted by Crippen LogP contribution is 2.40. The molecule has 1 spiro atoms. The molecule has 3 amide bonds. The fourth-order valence-electron chi connectivity index (χ4n) is 3.98. The van der Waals surface area contributed by atoms with Crippen molar-refractivity contribution >= 4 is 11.9 Å². The number of aliphatic hydroxyl groups is 1. The van der Waals surface area contributed by atoms with Crippen LogP contribution in [0.2, 0.25) is 0 Å². The number of imide groups is 1. The molecule has 0 aromatic carbocycles. The number of carbonyl (C=O) groups excluding carboxylic acids is 2. The minimum Gasteiger partial charge on any atom is -0.396 e. The summed E-state index contributed by atoms with van der Waals surface area (Å²) in [5.41, 5.74) is -0.678. The molecule has 6 heteroatoms. The van der Waals surface area contributed by atoms with E-state index in [0.717, 1.165) is 25.8 Å². The molecule has 2 unspecified atom stereocenters. The van der Waals surface area contributed by atoms with Crippen molar-refractivity contribution in [1.82, 2.24) is 15.5 Å². The number of fused-ring (bicyclic) bond motifs is 2. The van der Waals surface area contributed by atoms with Crippen LogP contribution >= 0.6 is 0 Å². The molecule has 3 aliphatic heterocycles. The zero-order valence-electron chi connectivity index (χ0n) is 11.0. The maximum absolute atomic E-state index is 12.1. The summed E-state index contributed by atoms with van der Waals surface area (Å²) in [5.74, 6) is -0.156. The molecule has 6 nitrogen and oxygen atoms in total. The van der Waals surface area contributed by atoms with Gasteiger partial charge in [0.05, 0.1) is 0 Å². The van der Waals surface area contributed by atoms with E-state index < -0.39 is 5.54 Å². The first kappa shape index (κ1) is 12.9. The van der Waals surface area contributed by atoms with E-state index in [0.29, 0.717) is 24.9 Å². The van der Waals surface area contributed by atoms with E-state index in [1.807, 2.05) is 0 Å². The Labute approximate surface area is 112 Å². The summed E-state index contributed by atoms with van der Waals surface area (Å²) in [6, 6.07) is 0.346. The van der Waals surface area contributed by atoms with E-state index in [4.69, 9.17) is 5.11 Å². The van der Waals surface area contributed by atoms with Crippen LogP contribution in [-0.2, 0) is 4.79 Å². The largest absolute Gasteiger partial charge is 0.396 e. The summed E-state index contributed by atoms with van der Waals surface area (Å²) in [5, 5.41) is 14.2. The lowest BCUT2D eigenvalue weighted by molar-refractivity contribution is -0.129. The lowest BCUT2D eigenvalue weighted by Crippen LogP contribution is -2.63. The third-order valence-electron chi connectivity index (χ3n) is 4.77. The Morgan fingerprint density at radius 1 is 1.26 bits per heavy atom. The van der Waals surface area contributed by atoms with Gasteiger partial charge in [0, 0.05) is 25.2 Å². The number of piperidine rings is 2. The van der Waals surface area contributed by atoms with Crippen LogP contribution < -0.4 is 10.6 Å². The van der Waals surface area contributed by atoms with Gasteiger partial charge in [-0.15, -0.1) is 0 Å². The molecule has 0 saturated carbocycles. The Balaban J connectivity index is 1.78. The molecular weight excluding hydrogens is 246 g/mol. The molecule has 3 heterocycles. The van der Waals surface area contributed by atoms with Gasteiger partial charge in [0.15, 0.2) is 0 Å². The van der Waals surface area contributed by atoms with E-state index in [9.17, 15) is 9.59 Å². The Morgan fingerprint density at radius 3 is 2.47 bits per heavy atom. The van der Waals surface area contributed by atoms with Gasteiger partial charge in [0.25, 0.3) is 5.91 Å². The normalized spacial score (nSPS) is 38.4. The lowest BCUT2D eigenvalue weighted by atomic mass is 9.73. The number of urea groups is 1. The molecule has 3 rings (SSSR count). The number of aliphatic hydroxyl groups excluding tert-OH is 1. The van der Waals surface area contributed by atoms with Crippen molar-refractivity contribution in [2.45, 2.75) is 56.1 Å². The summed E-state index contributed by atoms with van der Waals surface area (Å²) >= 11 is 0. The molecule has 3 aliphatic rings. The third kappa shape index (κ3) is 2.12. The Morgan fingerprint density at radius 2 is 1.95 bits per heavy atom. The molecule has 19 heavy (non-hydrogen) atoms. The summed E-state index contributed by atoms with van der Waals surface area (Å²) in [6.45, 7) is 1.09. The summed E-state index contributed by atoms with van der Waals surface area (Å²) < 4.78 is 0. The first-order chi connectivity index (χ1) is 9.14. The molecule has 3 fully saturated rings. The van der Waals surface area contributed by atoms with Crippen molar-refractivity contribution in [3.8, 4) is 0 Å². The number of carbonyl (C=O) groups is 2. The second-order valence-corrected chi connectivity index (χ2v) is 5.95.